The Kier molecular flexibility index (Phi) is 2.44. The monoisotopic (exact) mass is 213 g/mol. The number of benzene rings is 1. The average molecular weight is 214 g/mol. The fraction of sp³-hybridized carbons (Fsp3) is 0.333. The second-order valence-electron chi connectivity index (χ2n) is 3.37. The third kappa shape index (κ3) is 1.53. The summed E-state index contributed by atoms with van der Waals surface area (Å²) in [6.07, 6.45) is 1.03. The van der Waals surface area contributed by atoms with Gasteiger partial charge in [-0.15, -0.1) is 22.9 Å². The first kappa shape index (κ1) is 9.23. The summed E-state index contributed by atoms with van der Waals surface area (Å²) in [5.41, 5.74) is 2.06. The minimum Gasteiger partial charge on any atom is -0.385 e. The van der Waals surface area contributed by atoms with Crippen LogP contribution >= 0.6 is 22.9 Å². The number of hydrogen-bond donors (Lipinski definition) is 0. The molecule has 0 aromatic heterocycles. The predicted octanol–water partition coefficient (Wildman–Crippen LogP) is 2.90. The molecule has 0 N–H and O–H groups in total. The summed E-state index contributed by atoms with van der Waals surface area (Å²) >= 11 is 11.8. The first-order valence-corrected chi connectivity index (χ1v) is 5.22. The highest BCUT2D eigenvalue weighted by atomic mass is 35.5. The van der Waals surface area contributed by atoms with Crippen molar-refractivity contribution in [2.24, 2.45) is 0 Å². The Labute approximate surface area is 88.6 Å². The lowest BCUT2D eigenvalue weighted by Crippen LogP contribution is -2.36. The molecule has 0 bridgehead atoms. The molecule has 0 aliphatic carbocycles. The normalized spacial score (nSPS) is 20.2. The lowest BCUT2D eigenvalue weighted by molar-refractivity contribution is 0.786. The predicted molar refractivity (Wildman–Crippen MR) is 59.5 cm³/mol. The van der Waals surface area contributed by atoms with Crippen LogP contribution in [0.5, 0.6) is 0 Å². The van der Waals surface area contributed by atoms with Crippen LogP contribution in [0.3, 0.4) is 0 Å². The van der Waals surface area contributed by atoms with Crippen molar-refractivity contribution in [1.82, 2.24) is 0 Å². The Morgan fingerprint density at radius 2 is 2.08 bits per heavy atom. The molecule has 1 unspecified atom stereocenters. The van der Waals surface area contributed by atoms with Crippen LogP contribution in [0.2, 0.25) is 0 Å². The van der Waals surface area contributed by atoms with Gasteiger partial charge in [-0.3, -0.25) is 0 Å². The molecule has 4 heteroatoms. The van der Waals surface area contributed by atoms with Crippen LogP contribution in [-0.4, -0.2) is 11.7 Å². The molecule has 1 aromatic carbocycles. The molecular formula is C9H10BCl2N. The molecule has 13 heavy (non-hydrogen) atoms. The van der Waals surface area contributed by atoms with Crippen molar-refractivity contribution in [2.75, 3.05) is 4.81 Å². The molecule has 0 saturated heterocycles. The smallest absolute Gasteiger partial charge is 0.385 e. The molecule has 2 rings (SSSR count). The summed E-state index contributed by atoms with van der Waals surface area (Å²) in [5.74, 6) is 0. The zero-order valence-electron chi connectivity index (χ0n) is 7.37. The second-order valence-corrected chi connectivity index (χ2v) is 4.42. The van der Waals surface area contributed by atoms with E-state index in [1.54, 1.807) is 0 Å². The molecule has 0 saturated carbocycles. The van der Waals surface area contributed by atoms with Gasteiger partial charge in [-0.05, 0) is 25.0 Å². The van der Waals surface area contributed by atoms with Crippen LogP contribution in [0.4, 0.5) is 5.69 Å². The van der Waals surface area contributed by atoms with E-state index in [0.717, 1.165) is 6.42 Å². The van der Waals surface area contributed by atoms with Crippen LogP contribution in [0.25, 0.3) is 0 Å². The SMILES string of the molecule is CC1Cc2ccccc2N1B(Cl)Cl. The third-order valence-corrected chi connectivity index (χ3v) is 2.89. The molecule has 1 aliphatic rings. The van der Waals surface area contributed by atoms with Crippen molar-refractivity contribution in [1.29, 1.82) is 0 Å². The molecule has 1 aliphatic heterocycles. The van der Waals surface area contributed by atoms with E-state index < -0.39 is 5.68 Å². The number of para-hydroxylation sites is 1. The number of fused-ring (bicyclic) bond motifs is 1. The Bertz CT molecular complexity index is 316. The molecule has 0 fully saturated rings. The van der Waals surface area contributed by atoms with E-state index in [2.05, 4.69) is 19.1 Å². The largest absolute Gasteiger partial charge is 0.467 e. The highest BCUT2D eigenvalue weighted by Crippen LogP contribution is 2.33. The van der Waals surface area contributed by atoms with Gasteiger partial charge < -0.3 is 4.81 Å². The highest BCUT2D eigenvalue weighted by Gasteiger charge is 2.31. The fourth-order valence-corrected chi connectivity index (χ4v) is 2.48. The lowest BCUT2D eigenvalue weighted by atomic mass is 10.1. The van der Waals surface area contributed by atoms with Crippen LogP contribution in [-0.2, 0) is 6.42 Å². The van der Waals surface area contributed by atoms with Gasteiger partial charge in [0.2, 0.25) is 0 Å². The molecule has 1 atom stereocenters. The Balaban J connectivity index is 2.40. The number of hydrogen-bond acceptors (Lipinski definition) is 1. The van der Waals surface area contributed by atoms with Gasteiger partial charge in [0.1, 0.15) is 0 Å². The van der Waals surface area contributed by atoms with Gasteiger partial charge >= 0.3 is 5.68 Å². The fourth-order valence-electron chi connectivity index (χ4n) is 1.89. The maximum absolute atomic E-state index is 5.90. The number of rotatable bonds is 1. The van der Waals surface area contributed by atoms with E-state index in [0.29, 0.717) is 6.04 Å². The summed E-state index contributed by atoms with van der Waals surface area (Å²) in [7, 11) is 0. The Morgan fingerprint density at radius 1 is 1.38 bits per heavy atom. The van der Waals surface area contributed by atoms with Gasteiger partial charge in [-0.2, -0.15) is 0 Å². The zero-order valence-corrected chi connectivity index (χ0v) is 8.89. The number of halogens is 2. The molecular weight excluding hydrogens is 204 g/mol. The molecule has 1 aromatic rings. The summed E-state index contributed by atoms with van der Waals surface area (Å²) in [6, 6.07) is 8.66. The standard InChI is InChI=1S/C9H10BCl2N/c1-7-6-8-4-2-3-5-9(8)13(7)10(11)12/h2-5,7H,6H2,1H3. The van der Waals surface area contributed by atoms with Crippen molar-refractivity contribution in [3.63, 3.8) is 0 Å². The van der Waals surface area contributed by atoms with Crippen LogP contribution in [0.15, 0.2) is 24.3 Å². The van der Waals surface area contributed by atoms with Crippen molar-refractivity contribution in [3.8, 4) is 0 Å². The second kappa shape index (κ2) is 3.43. The summed E-state index contributed by atoms with van der Waals surface area (Å²) < 4.78 is 0. The van der Waals surface area contributed by atoms with E-state index in [4.69, 9.17) is 22.9 Å². The molecule has 68 valence electrons. The van der Waals surface area contributed by atoms with Crippen molar-refractivity contribution < 1.29 is 0 Å². The van der Waals surface area contributed by atoms with Gasteiger partial charge in [0.25, 0.3) is 0 Å². The number of anilines is 1. The topological polar surface area (TPSA) is 3.24 Å². The van der Waals surface area contributed by atoms with Gasteiger partial charge in [0.15, 0.2) is 0 Å². The van der Waals surface area contributed by atoms with Gasteiger partial charge in [0, 0.05) is 11.7 Å². The minimum absolute atomic E-state index is 0.400. The van der Waals surface area contributed by atoms with Gasteiger partial charge in [-0.25, -0.2) is 0 Å². The molecule has 1 nitrogen and oxygen atoms in total. The first-order chi connectivity index (χ1) is 6.20. The van der Waals surface area contributed by atoms with Crippen molar-refractivity contribution >= 4 is 34.3 Å². The van der Waals surface area contributed by atoms with E-state index in [1.807, 2.05) is 16.9 Å². The quantitative estimate of drug-likeness (QED) is 0.649. The van der Waals surface area contributed by atoms with Crippen LogP contribution in [0, 0.1) is 0 Å². The maximum Gasteiger partial charge on any atom is 0.467 e. The molecule has 1 heterocycles. The summed E-state index contributed by atoms with van der Waals surface area (Å²) in [4.78, 5) is 2.04. The first-order valence-electron chi connectivity index (χ1n) is 4.34. The molecule has 0 spiro atoms. The van der Waals surface area contributed by atoms with E-state index in [-0.39, 0.29) is 0 Å². The van der Waals surface area contributed by atoms with Gasteiger partial charge in [-0.1, -0.05) is 18.2 Å². The molecule has 0 radical (unpaired) electrons. The Hall–Kier alpha value is -0.335. The average Bonchev–Trinajstić information content (AvgIpc) is 2.39. The van der Waals surface area contributed by atoms with E-state index >= 15 is 0 Å². The summed E-state index contributed by atoms with van der Waals surface area (Å²) in [6.45, 7) is 2.14. The molecule has 0 amide bonds. The summed E-state index contributed by atoms with van der Waals surface area (Å²) in [5, 5.41) is 0. The maximum atomic E-state index is 5.90. The zero-order chi connectivity index (χ0) is 9.42. The van der Waals surface area contributed by atoms with Crippen LogP contribution in [0.1, 0.15) is 12.5 Å². The van der Waals surface area contributed by atoms with E-state index in [1.165, 1.54) is 11.3 Å². The Morgan fingerprint density at radius 3 is 2.77 bits per heavy atom. The number of nitrogens with zero attached hydrogens (tertiary/aromatic N) is 1. The van der Waals surface area contributed by atoms with Crippen molar-refractivity contribution in [2.45, 2.75) is 19.4 Å². The van der Waals surface area contributed by atoms with E-state index in [9.17, 15) is 0 Å². The van der Waals surface area contributed by atoms with Gasteiger partial charge in [0.05, 0.1) is 0 Å². The third-order valence-electron chi connectivity index (χ3n) is 2.47. The minimum atomic E-state index is -0.446. The highest BCUT2D eigenvalue weighted by molar-refractivity contribution is 7.35. The van der Waals surface area contributed by atoms with Crippen LogP contribution < -0.4 is 4.81 Å². The van der Waals surface area contributed by atoms with Crippen molar-refractivity contribution in [3.05, 3.63) is 29.8 Å². The lowest BCUT2D eigenvalue weighted by Gasteiger charge is -2.24.